The van der Waals surface area contributed by atoms with E-state index in [0.717, 1.165) is 23.9 Å². The Labute approximate surface area is 147 Å². The van der Waals surface area contributed by atoms with E-state index in [0.29, 0.717) is 12.4 Å². The van der Waals surface area contributed by atoms with Gasteiger partial charge in [-0.2, -0.15) is 0 Å². The van der Waals surface area contributed by atoms with E-state index in [1.165, 1.54) is 7.11 Å². The lowest BCUT2D eigenvalue weighted by molar-refractivity contribution is -0.125. The number of carbonyl (C=O) groups is 2. The molecule has 0 saturated heterocycles. The summed E-state index contributed by atoms with van der Waals surface area (Å²) in [6.07, 6.45) is 1.98. The van der Waals surface area contributed by atoms with Crippen molar-refractivity contribution in [3.05, 3.63) is 30.1 Å². The summed E-state index contributed by atoms with van der Waals surface area (Å²) in [5.74, 6) is 0.366. The fourth-order valence-corrected chi connectivity index (χ4v) is 2.67. The van der Waals surface area contributed by atoms with E-state index in [-0.39, 0.29) is 31.0 Å². The fraction of sp³-hybridized carbons (Fsp3) is 0.500. The molecule has 0 aliphatic rings. The SMILES string of the molecule is CCCCNC(=O)Cn1c(C(C)NC(=O)COC)nc2ccccc21. The minimum absolute atomic E-state index is 0.0118. The van der Waals surface area contributed by atoms with Crippen LogP contribution < -0.4 is 10.6 Å². The second-order valence-corrected chi connectivity index (χ2v) is 5.97. The van der Waals surface area contributed by atoms with Crippen molar-refractivity contribution >= 4 is 22.8 Å². The molecule has 7 heteroatoms. The highest BCUT2D eigenvalue weighted by Crippen LogP contribution is 2.20. The number of nitrogens with one attached hydrogen (secondary N) is 2. The Balaban J connectivity index is 2.23. The van der Waals surface area contributed by atoms with Gasteiger partial charge in [0.15, 0.2) is 0 Å². The topological polar surface area (TPSA) is 85.2 Å². The summed E-state index contributed by atoms with van der Waals surface area (Å²) in [5, 5.41) is 5.76. The molecule has 0 aliphatic heterocycles. The van der Waals surface area contributed by atoms with Crippen molar-refractivity contribution in [1.82, 2.24) is 20.2 Å². The molecule has 2 rings (SSSR count). The van der Waals surface area contributed by atoms with Crippen LogP contribution in [0.3, 0.4) is 0 Å². The van der Waals surface area contributed by atoms with Gasteiger partial charge in [-0.1, -0.05) is 25.5 Å². The standard InChI is InChI=1S/C18H26N4O3/c1-4-5-10-19-16(23)11-22-15-9-7-6-8-14(15)21-18(22)13(2)20-17(24)12-25-3/h6-9,13H,4-5,10-12H2,1-3H3,(H,19,23)(H,20,24). The fourth-order valence-electron chi connectivity index (χ4n) is 2.67. The summed E-state index contributed by atoms with van der Waals surface area (Å²) in [5.41, 5.74) is 1.67. The normalized spacial score (nSPS) is 12.1. The first-order valence-corrected chi connectivity index (χ1v) is 8.57. The Morgan fingerprint density at radius 2 is 2.04 bits per heavy atom. The summed E-state index contributed by atoms with van der Waals surface area (Å²) in [6, 6.07) is 7.30. The van der Waals surface area contributed by atoms with E-state index < -0.39 is 0 Å². The average molecular weight is 346 g/mol. The van der Waals surface area contributed by atoms with Gasteiger partial charge in [-0.3, -0.25) is 9.59 Å². The van der Waals surface area contributed by atoms with Gasteiger partial charge in [0, 0.05) is 13.7 Å². The van der Waals surface area contributed by atoms with Gasteiger partial charge < -0.3 is 19.9 Å². The zero-order chi connectivity index (χ0) is 18.2. The molecule has 136 valence electrons. The van der Waals surface area contributed by atoms with Crippen molar-refractivity contribution in [1.29, 1.82) is 0 Å². The van der Waals surface area contributed by atoms with E-state index >= 15 is 0 Å². The Kier molecular flexibility index (Phi) is 6.94. The van der Waals surface area contributed by atoms with E-state index in [1.54, 1.807) is 0 Å². The van der Waals surface area contributed by atoms with Gasteiger partial charge >= 0.3 is 0 Å². The summed E-state index contributed by atoms with van der Waals surface area (Å²) >= 11 is 0. The maximum atomic E-state index is 12.3. The monoisotopic (exact) mass is 346 g/mol. The van der Waals surface area contributed by atoms with Crippen LogP contribution in [0, 0.1) is 0 Å². The van der Waals surface area contributed by atoms with Gasteiger partial charge in [0.2, 0.25) is 11.8 Å². The van der Waals surface area contributed by atoms with E-state index in [9.17, 15) is 9.59 Å². The Morgan fingerprint density at radius 3 is 2.76 bits per heavy atom. The molecule has 0 aliphatic carbocycles. The maximum absolute atomic E-state index is 12.3. The number of imidazole rings is 1. The summed E-state index contributed by atoms with van der Waals surface area (Å²) in [7, 11) is 1.47. The number of para-hydroxylation sites is 2. The molecule has 0 fully saturated rings. The van der Waals surface area contributed by atoms with Crippen LogP contribution >= 0.6 is 0 Å². The molecule has 25 heavy (non-hydrogen) atoms. The minimum Gasteiger partial charge on any atom is -0.375 e. The number of carbonyl (C=O) groups excluding carboxylic acids is 2. The van der Waals surface area contributed by atoms with Crippen LogP contribution in [0.15, 0.2) is 24.3 Å². The molecule has 1 aromatic carbocycles. The van der Waals surface area contributed by atoms with Gasteiger partial charge in [0.05, 0.1) is 17.1 Å². The third-order valence-electron chi connectivity index (χ3n) is 3.88. The van der Waals surface area contributed by atoms with E-state index in [1.807, 2.05) is 35.8 Å². The first-order valence-electron chi connectivity index (χ1n) is 8.57. The highest BCUT2D eigenvalue weighted by molar-refractivity contribution is 5.81. The molecule has 2 N–H and O–H groups in total. The largest absolute Gasteiger partial charge is 0.375 e. The van der Waals surface area contributed by atoms with Crippen LogP contribution in [-0.4, -0.2) is 41.6 Å². The molecule has 1 unspecified atom stereocenters. The quantitative estimate of drug-likeness (QED) is 0.678. The Bertz CT molecular complexity index is 726. The van der Waals surface area contributed by atoms with Gasteiger partial charge in [-0.25, -0.2) is 4.98 Å². The highest BCUT2D eigenvalue weighted by atomic mass is 16.5. The van der Waals surface area contributed by atoms with Crippen LogP contribution in [0.1, 0.15) is 38.6 Å². The molecule has 1 heterocycles. The minimum atomic E-state index is -0.335. The number of fused-ring (bicyclic) bond motifs is 1. The number of methoxy groups -OCH3 is 1. The van der Waals surface area contributed by atoms with Gasteiger partial charge in [-0.15, -0.1) is 0 Å². The van der Waals surface area contributed by atoms with Crippen LogP contribution in [0.2, 0.25) is 0 Å². The number of aromatic nitrogens is 2. The van der Waals surface area contributed by atoms with Crippen molar-refractivity contribution in [3.63, 3.8) is 0 Å². The number of nitrogens with zero attached hydrogens (tertiary/aromatic N) is 2. The molecular formula is C18H26N4O3. The number of rotatable bonds is 9. The van der Waals surface area contributed by atoms with Gasteiger partial charge in [0.1, 0.15) is 19.0 Å². The van der Waals surface area contributed by atoms with Gasteiger partial charge in [0.25, 0.3) is 0 Å². The molecule has 1 atom stereocenters. The number of unbranched alkanes of at least 4 members (excludes halogenated alkanes) is 1. The molecular weight excluding hydrogens is 320 g/mol. The Morgan fingerprint density at radius 1 is 1.28 bits per heavy atom. The molecule has 1 aromatic heterocycles. The Hall–Kier alpha value is -2.41. The predicted octanol–water partition coefficient (Wildman–Crippen LogP) is 1.78. The smallest absolute Gasteiger partial charge is 0.246 e. The summed E-state index contributed by atoms with van der Waals surface area (Å²) in [4.78, 5) is 28.7. The second kappa shape index (κ2) is 9.17. The zero-order valence-corrected chi connectivity index (χ0v) is 15.0. The third kappa shape index (κ3) is 5.03. The number of hydrogen-bond acceptors (Lipinski definition) is 4. The van der Waals surface area contributed by atoms with Crippen LogP contribution in [-0.2, 0) is 20.9 Å². The third-order valence-corrected chi connectivity index (χ3v) is 3.88. The lowest BCUT2D eigenvalue weighted by Crippen LogP contribution is -2.33. The van der Waals surface area contributed by atoms with E-state index in [4.69, 9.17) is 4.74 Å². The van der Waals surface area contributed by atoms with Crippen molar-refractivity contribution < 1.29 is 14.3 Å². The molecule has 2 aromatic rings. The van der Waals surface area contributed by atoms with Gasteiger partial charge in [-0.05, 0) is 25.5 Å². The first-order chi connectivity index (χ1) is 12.1. The summed E-state index contributed by atoms with van der Waals surface area (Å²) in [6.45, 7) is 4.75. The molecule has 0 spiro atoms. The van der Waals surface area contributed by atoms with Crippen LogP contribution in [0.25, 0.3) is 11.0 Å². The molecule has 0 bridgehead atoms. The lowest BCUT2D eigenvalue weighted by Gasteiger charge is -2.16. The summed E-state index contributed by atoms with van der Waals surface area (Å²) < 4.78 is 6.70. The van der Waals surface area contributed by atoms with Crippen LogP contribution in [0.4, 0.5) is 0 Å². The number of benzene rings is 1. The molecule has 0 radical (unpaired) electrons. The van der Waals surface area contributed by atoms with Crippen molar-refractivity contribution in [3.8, 4) is 0 Å². The predicted molar refractivity (Wildman–Crippen MR) is 96.1 cm³/mol. The number of hydrogen-bond donors (Lipinski definition) is 2. The van der Waals surface area contributed by atoms with Crippen molar-refractivity contribution in [2.45, 2.75) is 39.3 Å². The average Bonchev–Trinajstić information content (AvgIpc) is 2.94. The van der Waals surface area contributed by atoms with Crippen molar-refractivity contribution in [2.75, 3.05) is 20.3 Å². The maximum Gasteiger partial charge on any atom is 0.246 e. The number of ether oxygens (including phenoxy) is 1. The lowest BCUT2D eigenvalue weighted by atomic mass is 10.3. The van der Waals surface area contributed by atoms with Crippen LogP contribution in [0.5, 0.6) is 0 Å². The van der Waals surface area contributed by atoms with E-state index in [2.05, 4.69) is 22.5 Å². The van der Waals surface area contributed by atoms with Crippen molar-refractivity contribution in [2.24, 2.45) is 0 Å². The molecule has 2 amide bonds. The molecule has 0 saturated carbocycles. The second-order valence-electron chi connectivity index (χ2n) is 5.97. The first kappa shape index (κ1) is 18.9. The number of amides is 2. The molecule has 7 nitrogen and oxygen atoms in total. The zero-order valence-electron chi connectivity index (χ0n) is 15.0. The highest BCUT2D eigenvalue weighted by Gasteiger charge is 2.19.